The fourth-order valence-electron chi connectivity index (χ4n) is 4.62. The molecule has 2 heterocycles. The normalized spacial score (nSPS) is 19.7. The van der Waals surface area contributed by atoms with E-state index in [1.54, 1.807) is 11.3 Å². The lowest BCUT2D eigenvalue weighted by Crippen LogP contribution is -2.42. The molecule has 1 aliphatic heterocycles. The number of carbonyl (C=O) groups is 1. The predicted molar refractivity (Wildman–Crippen MR) is 132 cm³/mol. The van der Waals surface area contributed by atoms with Crippen LogP contribution in [0.5, 0.6) is 0 Å². The van der Waals surface area contributed by atoms with Gasteiger partial charge >= 0.3 is 0 Å². The first-order chi connectivity index (χ1) is 14.7. The van der Waals surface area contributed by atoms with Gasteiger partial charge in [0.25, 0.3) is 0 Å². The average Bonchev–Trinajstić information content (AvgIpc) is 3.23. The largest absolute Gasteiger partial charge is 0.356 e. The Labute approximate surface area is 191 Å². The molecule has 1 amide bonds. The lowest BCUT2D eigenvalue weighted by atomic mass is 9.63. The molecule has 170 valence electrons. The summed E-state index contributed by atoms with van der Waals surface area (Å²) < 4.78 is 0. The van der Waals surface area contributed by atoms with Gasteiger partial charge in [-0.25, -0.2) is 4.98 Å². The number of aromatic nitrogens is 1. The highest BCUT2D eigenvalue weighted by atomic mass is 32.1. The van der Waals surface area contributed by atoms with Crippen LogP contribution in [0.15, 0.2) is 23.6 Å². The van der Waals surface area contributed by atoms with Gasteiger partial charge < -0.3 is 16.0 Å². The Morgan fingerprint density at radius 2 is 1.77 bits per heavy atom. The Morgan fingerprint density at radius 3 is 2.39 bits per heavy atom. The van der Waals surface area contributed by atoms with Gasteiger partial charge in [-0.15, -0.1) is 11.3 Å². The highest BCUT2D eigenvalue weighted by molar-refractivity contribution is 7.14. The molecule has 0 unspecified atom stereocenters. The fourth-order valence-corrected chi connectivity index (χ4v) is 5.51. The smallest absolute Gasteiger partial charge is 0.207 e. The zero-order chi connectivity index (χ0) is 22.6. The van der Waals surface area contributed by atoms with Crippen molar-refractivity contribution in [2.45, 2.75) is 77.2 Å². The van der Waals surface area contributed by atoms with Crippen molar-refractivity contribution in [2.75, 3.05) is 24.5 Å². The maximum absolute atomic E-state index is 10.6. The minimum atomic E-state index is 0.215. The highest BCUT2D eigenvalue weighted by Crippen LogP contribution is 2.46. The summed E-state index contributed by atoms with van der Waals surface area (Å²) in [5, 5.41) is 6.19. The molecule has 1 aromatic heterocycles. The summed E-state index contributed by atoms with van der Waals surface area (Å²) in [5.74, 6) is 0. The molecule has 0 radical (unpaired) electrons. The van der Waals surface area contributed by atoms with E-state index in [0.29, 0.717) is 6.04 Å². The zero-order valence-electron chi connectivity index (χ0n) is 19.7. The number of amides is 1. The zero-order valence-corrected chi connectivity index (χ0v) is 20.5. The minimum absolute atomic E-state index is 0.215. The number of hydrogen-bond acceptors (Lipinski definition) is 5. The Balaban J connectivity index is 0.000000858. The summed E-state index contributed by atoms with van der Waals surface area (Å²) in [4.78, 5) is 18.0. The molecule has 6 heteroatoms. The third-order valence-corrected chi connectivity index (χ3v) is 7.61. The van der Waals surface area contributed by atoms with Crippen LogP contribution < -0.4 is 16.0 Å². The molecule has 1 fully saturated rings. The molecule has 1 aliphatic carbocycles. The molecule has 31 heavy (non-hydrogen) atoms. The molecule has 0 bridgehead atoms. The minimum Gasteiger partial charge on any atom is -0.356 e. The van der Waals surface area contributed by atoms with Crippen LogP contribution in [0.3, 0.4) is 0 Å². The molecule has 0 saturated carbocycles. The molecular formula is C25H38N4OS. The van der Waals surface area contributed by atoms with Gasteiger partial charge in [-0.1, -0.05) is 46.8 Å². The van der Waals surface area contributed by atoms with Crippen LogP contribution in [0.4, 0.5) is 5.13 Å². The van der Waals surface area contributed by atoms with Gasteiger partial charge in [-0.2, -0.15) is 0 Å². The number of nitrogens with two attached hydrogens (primary N) is 1. The van der Waals surface area contributed by atoms with Crippen LogP contribution >= 0.6 is 11.3 Å². The van der Waals surface area contributed by atoms with E-state index in [0.717, 1.165) is 49.7 Å². The molecular weight excluding hydrogens is 404 g/mol. The van der Waals surface area contributed by atoms with Crippen molar-refractivity contribution < 1.29 is 4.79 Å². The first kappa shape index (κ1) is 23.7. The second-order valence-corrected chi connectivity index (χ2v) is 10.8. The number of benzene rings is 1. The van der Waals surface area contributed by atoms with Crippen LogP contribution in [0, 0.1) is 0 Å². The number of anilines is 1. The molecule has 4 rings (SSSR count). The van der Waals surface area contributed by atoms with E-state index in [1.807, 2.05) is 6.92 Å². The van der Waals surface area contributed by atoms with Crippen LogP contribution in [0.2, 0.25) is 0 Å². The summed E-state index contributed by atoms with van der Waals surface area (Å²) in [5.41, 5.74) is 10.6. The molecule has 0 atom stereocenters. The Kier molecular flexibility index (Phi) is 7.43. The van der Waals surface area contributed by atoms with Crippen molar-refractivity contribution in [1.82, 2.24) is 10.3 Å². The fraction of sp³-hybridized carbons (Fsp3) is 0.600. The number of fused-ring (bicyclic) bond motifs is 1. The van der Waals surface area contributed by atoms with Gasteiger partial charge in [0.2, 0.25) is 6.41 Å². The number of nitrogens with zero attached hydrogens (tertiary/aromatic N) is 2. The number of rotatable bonds is 4. The third-order valence-electron chi connectivity index (χ3n) is 6.71. The molecule has 5 nitrogen and oxygen atoms in total. The summed E-state index contributed by atoms with van der Waals surface area (Å²) in [6.45, 7) is 14.0. The van der Waals surface area contributed by atoms with Crippen LogP contribution in [0.25, 0.3) is 11.3 Å². The van der Waals surface area contributed by atoms with Crippen molar-refractivity contribution >= 4 is 22.9 Å². The van der Waals surface area contributed by atoms with Gasteiger partial charge in [0.05, 0.1) is 5.69 Å². The Bertz CT molecular complexity index is 881. The predicted octanol–water partition coefficient (Wildman–Crippen LogP) is 4.84. The van der Waals surface area contributed by atoms with Gasteiger partial charge in [-0.3, -0.25) is 4.79 Å². The molecule has 2 aliphatic rings. The quantitative estimate of drug-likeness (QED) is 0.665. The highest BCUT2D eigenvalue weighted by Gasteiger charge is 2.37. The number of hydrogen-bond donors (Lipinski definition) is 2. The van der Waals surface area contributed by atoms with E-state index in [2.05, 4.69) is 61.5 Å². The van der Waals surface area contributed by atoms with E-state index >= 15 is 0 Å². The standard InChI is InChI=1S/C23H31N3OS.C2H7N/c1-22(2)9-10-23(3,4)19-13-16(5-6-18(19)22)20-14-28-21(25-20)26-11-7-17(8-12-26)24-15-27;1-2-3/h5-6,13-15,17H,7-12H2,1-4H3,(H,24,27);2-3H2,1H3. The molecule has 0 spiro atoms. The third kappa shape index (κ3) is 5.29. The molecule has 2 aromatic rings. The maximum atomic E-state index is 10.6. The Morgan fingerprint density at radius 1 is 1.16 bits per heavy atom. The van der Waals surface area contributed by atoms with Crippen molar-refractivity contribution in [3.8, 4) is 11.3 Å². The van der Waals surface area contributed by atoms with Crippen molar-refractivity contribution in [3.05, 3.63) is 34.7 Å². The van der Waals surface area contributed by atoms with Crippen molar-refractivity contribution in [1.29, 1.82) is 0 Å². The number of carbonyl (C=O) groups excluding carboxylic acids is 1. The first-order valence-corrected chi connectivity index (χ1v) is 12.4. The number of thiazole rings is 1. The Hall–Kier alpha value is -1.92. The second kappa shape index (κ2) is 9.70. The maximum Gasteiger partial charge on any atom is 0.207 e. The summed E-state index contributed by atoms with van der Waals surface area (Å²) >= 11 is 1.73. The van der Waals surface area contributed by atoms with Crippen molar-refractivity contribution in [2.24, 2.45) is 5.73 Å². The van der Waals surface area contributed by atoms with Crippen LogP contribution in [-0.4, -0.2) is 37.1 Å². The first-order valence-electron chi connectivity index (χ1n) is 11.5. The lowest BCUT2D eigenvalue weighted by Gasteiger charge is -2.42. The van der Waals surface area contributed by atoms with E-state index in [9.17, 15) is 4.79 Å². The van der Waals surface area contributed by atoms with E-state index in [1.165, 1.54) is 29.5 Å². The SMILES string of the molecule is CC1(C)CCC(C)(C)c2cc(-c3csc(N4CCC(NC=O)CC4)n3)ccc21.CCN. The van der Waals surface area contributed by atoms with Gasteiger partial charge in [0.1, 0.15) is 0 Å². The van der Waals surface area contributed by atoms with E-state index < -0.39 is 0 Å². The average molecular weight is 443 g/mol. The number of nitrogens with one attached hydrogen (secondary N) is 1. The number of piperidine rings is 1. The molecule has 1 saturated heterocycles. The summed E-state index contributed by atoms with van der Waals surface area (Å²) in [6.07, 6.45) is 5.25. The molecule has 3 N–H and O–H groups in total. The summed E-state index contributed by atoms with van der Waals surface area (Å²) in [6, 6.07) is 7.27. The van der Waals surface area contributed by atoms with Crippen molar-refractivity contribution in [3.63, 3.8) is 0 Å². The monoisotopic (exact) mass is 442 g/mol. The van der Waals surface area contributed by atoms with Gasteiger partial charge in [0.15, 0.2) is 5.13 Å². The molecule has 1 aromatic carbocycles. The van der Waals surface area contributed by atoms with E-state index in [-0.39, 0.29) is 10.8 Å². The van der Waals surface area contributed by atoms with Crippen LogP contribution in [0.1, 0.15) is 71.4 Å². The van der Waals surface area contributed by atoms with E-state index in [4.69, 9.17) is 10.7 Å². The summed E-state index contributed by atoms with van der Waals surface area (Å²) in [7, 11) is 0. The van der Waals surface area contributed by atoms with Crippen LogP contribution in [-0.2, 0) is 15.6 Å². The second-order valence-electron chi connectivity index (χ2n) is 10.00. The topological polar surface area (TPSA) is 71.2 Å². The lowest BCUT2D eigenvalue weighted by molar-refractivity contribution is -0.110. The van der Waals surface area contributed by atoms with Gasteiger partial charge in [0, 0.05) is 30.1 Å². The van der Waals surface area contributed by atoms with Gasteiger partial charge in [-0.05, 0) is 60.3 Å².